The topological polar surface area (TPSA) is 96.7 Å². The molecule has 0 aliphatic heterocycles. The molecule has 0 saturated heterocycles. The Labute approximate surface area is 136 Å². The van der Waals surface area contributed by atoms with E-state index in [-0.39, 0.29) is 12.3 Å². The van der Waals surface area contributed by atoms with Crippen LogP contribution in [-0.4, -0.2) is 33.1 Å². The minimum atomic E-state index is -0.149. The van der Waals surface area contributed by atoms with Gasteiger partial charge in [-0.05, 0) is 5.56 Å². The number of hydrogen-bond donors (Lipinski definition) is 2. The number of carbonyl (C=O) groups is 1. The summed E-state index contributed by atoms with van der Waals surface area (Å²) in [7, 11) is 1.57. The summed E-state index contributed by atoms with van der Waals surface area (Å²) in [5.41, 5.74) is 2.04. The lowest BCUT2D eigenvalue weighted by Crippen LogP contribution is -2.20. The Hall–Kier alpha value is -2.61. The number of aromatic nitrogens is 4. The standard InChI is InChI=1S/C15H15N5O2S/c1-16-13(21)7-12-19-14(22-20-12)9-23-15-17-8-11(18-15)10-5-3-2-4-6-10/h2-6,8H,7,9H2,1H3,(H,16,21)(H,17,18). The Bertz CT molecular complexity index is 784. The van der Waals surface area contributed by atoms with Crippen LogP contribution in [0.3, 0.4) is 0 Å². The summed E-state index contributed by atoms with van der Waals surface area (Å²) in [5, 5.41) is 7.07. The molecule has 2 N–H and O–H groups in total. The number of thioether (sulfide) groups is 1. The molecule has 0 radical (unpaired) electrons. The Kier molecular flexibility index (Phi) is 4.72. The first-order chi connectivity index (χ1) is 11.2. The van der Waals surface area contributed by atoms with Crippen molar-refractivity contribution in [3.8, 4) is 11.3 Å². The van der Waals surface area contributed by atoms with Gasteiger partial charge < -0.3 is 14.8 Å². The van der Waals surface area contributed by atoms with Crippen molar-refractivity contribution in [1.82, 2.24) is 25.4 Å². The van der Waals surface area contributed by atoms with Gasteiger partial charge in [-0.25, -0.2) is 4.98 Å². The first kappa shape index (κ1) is 15.3. The molecule has 0 spiro atoms. The molecule has 2 aromatic heterocycles. The van der Waals surface area contributed by atoms with Gasteiger partial charge in [0.05, 0.1) is 24.1 Å². The van der Waals surface area contributed by atoms with Gasteiger partial charge in [0.1, 0.15) is 0 Å². The predicted octanol–water partition coefficient (Wildman–Crippen LogP) is 2.04. The van der Waals surface area contributed by atoms with Crippen molar-refractivity contribution in [2.45, 2.75) is 17.3 Å². The number of carbonyl (C=O) groups excluding carboxylic acids is 1. The lowest BCUT2D eigenvalue weighted by molar-refractivity contribution is -0.120. The smallest absolute Gasteiger partial charge is 0.237 e. The van der Waals surface area contributed by atoms with Crippen LogP contribution < -0.4 is 5.32 Å². The van der Waals surface area contributed by atoms with Gasteiger partial charge in [-0.2, -0.15) is 4.98 Å². The van der Waals surface area contributed by atoms with Gasteiger partial charge >= 0.3 is 0 Å². The Morgan fingerprint density at radius 2 is 2.17 bits per heavy atom. The van der Waals surface area contributed by atoms with E-state index in [1.54, 1.807) is 13.2 Å². The van der Waals surface area contributed by atoms with Crippen molar-refractivity contribution in [2.24, 2.45) is 0 Å². The summed E-state index contributed by atoms with van der Waals surface area (Å²) in [4.78, 5) is 23.0. The molecule has 0 saturated carbocycles. The summed E-state index contributed by atoms with van der Waals surface area (Å²) >= 11 is 1.46. The molecule has 1 amide bonds. The summed E-state index contributed by atoms with van der Waals surface area (Å²) in [6, 6.07) is 9.97. The number of benzene rings is 1. The van der Waals surface area contributed by atoms with Crippen molar-refractivity contribution in [3.63, 3.8) is 0 Å². The van der Waals surface area contributed by atoms with Crippen molar-refractivity contribution < 1.29 is 9.32 Å². The van der Waals surface area contributed by atoms with Crippen molar-refractivity contribution in [1.29, 1.82) is 0 Å². The van der Waals surface area contributed by atoms with Crippen molar-refractivity contribution in [3.05, 3.63) is 48.2 Å². The van der Waals surface area contributed by atoms with E-state index in [1.807, 2.05) is 30.3 Å². The molecule has 23 heavy (non-hydrogen) atoms. The van der Waals surface area contributed by atoms with Crippen LogP contribution >= 0.6 is 11.8 Å². The van der Waals surface area contributed by atoms with Gasteiger partial charge in [0.15, 0.2) is 11.0 Å². The van der Waals surface area contributed by atoms with Crippen LogP contribution in [0.1, 0.15) is 11.7 Å². The molecule has 7 nitrogen and oxygen atoms in total. The van der Waals surface area contributed by atoms with Gasteiger partial charge in [0.25, 0.3) is 0 Å². The number of amides is 1. The van der Waals surface area contributed by atoms with Crippen molar-refractivity contribution >= 4 is 17.7 Å². The van der Waals surface area contributed by atoms with Gasteiger partial charge in [0.2, 0.25) is 11.8 Å². The third-order valence-electron chi connectivity index (χ3n) is 3.08. The predicted molar refractivity (Wildman–Crippen MR) is 85.7 cm³/mol. The molecule has 0 fully saturated rings. The average Bonchev–Trinajstić information content (AvgIpc) is 3.23. The molecule has 2 heterocycles. The second kappa shape index (κ2) is 7.10. The number of rotatable bonds is 6. The number of aromatic amines is 1. The molecule has 3 aromatic rings. The molecule has 0 atom stereocenters. The number of imidazole rings is 1. The molecule has 0 unspecified atom stereocenters. The van der Waals surface area contributed by atoms with Crippen LogP contribution in [0, 0.1) is 0 Å². The highest BCUT2D eigenvalue weighted by atomic mass is 32.2. The SMILES string of the molecule is CNC(=O)Cc1noc(CSc2ncc(-c3ccccc3)[nH]2)n1. The van der Waals surface area contributed by atoms with E-state index < -0.39 is 0 Å². The Balaban J connectivity index is 1.59. The van der Waals surface area contributed by atoms with Crippen LogP contribution in [0.4, 0.5) is 0 Å². The molecule has 1 aromatic carbocycles. The number of nitrogens with one attached hydrogen (secondary N) is 2. The first-order valence-electron chi connectivity index (χ1n) is 7.00. The van der Waals surface area contributed by atoms with E-state index in [1.165, 1.54) is 11.8 Å². The highest BCUT2D eigenvalue weighted by Crippen LogP contribution is 2.23. The van der Waals surface area contributed by atoms with Gasteiger partial charge in [-0.15, -0.1) is 0 Å². The normalized spacial score (nSPS) is 10.7. The lowest BCUT2D eigenvalue weighted by Gasteiger charge is -1.96. The highest BCUT2D eigenvalue weighted by Gasteiger charge is 2.11. The molecule has 3 rings (SSSR count). The summed E-state index contributed by atoms with van der Waals surface area (Å²) < 4.78 is 5.12. The first-order valence-corrected chi connectivity index (χ1v) is 7.98. The van der Waals surface area contributed by atoms with Gasteiger partial charge in [-0.1, -0.05) is 47.3 Å². The van der Waals surface area contributed by atoms with Crippen molar-refractivity contribution in [2.75, 3.05) is 7.05 Å². The third-order valence-corrected chi connectivity index (χ3v) is 3.95. The van der Waals surface area contributed by atoms with E-state index in [4.69, 9.17) is 4.52 Å². The second-order valence-corrected chi connectivity index (χ2v) is 5.68. The summed E-state index contributed by atoms with van der Waals surface area (Å²) in [6.45, 7) is 0. The zero-order valence-electron chi connectivity index (χ0n) is 12.4. The maximum atomic E-state index is 11.3. The number of likely N-dealkylation sites (N-methyl/N-ethyl adjacent to an activating group) is 1. The maximum absolute atomic E-state index is 11.3. The van der Waals surface area contributed by atoms with Crippen LogP contribution in [0.5, 0.6) is 0 Å². The zero-order chi connectivity index (χ0) is 16.1. The molecule has 0 bridgehead atoms. The molecule has 118 valence electrons. The largest absolute Gasteiger partial charge is 0.359 e. The Morgan fingerprint density at radius 1 is 1.35 bits per heavy atom. The second-order valence-electron chi connectivity index (χ2n) is 4.71. The van der Waals surface area contributed by atoms with E-state index in [9.17, 15) is 4.79 Å². The molecular formula is C15H15N5O2S. The van der Waals surface area contributed by atoms with E-state index in [2.05, 4.69) is 25.4 Å². The fourth-order valence-corrected chi connectivity index (χ4v) is 2.61. The average molecular weight is 329 g/mol. The number of H-pyrrole nitrogens is 1. The lowest BCUT2D eigenvalue weighted by atomic mass is 10.2. The Morgan fingerprint density at radius 3 is 2.96 bits per heavy atom. The molecule has 8 heteroatoms. The van der Waals surface area contributed by atoms with Crippen LogP contribution in [-0.2, 0) is 17.0 Å². The third kappa shape index (κ3) is 3.98. The van der Waals surface area contributed by atoms with Crippen LogP contribution in [0.2, 0.25) is 0 Å². The number of nitrogens with zero attached hydrogens (tertiary/aromatic N) is 3. The fourth-order valence-electron chi connectivity index (χ4n) is 1.92. The highest BCUT2D eigenvalue weighted by molar-refractivity contribution is 7.98. The molecule has 0 aliphatic rings. The molecular weight excluding hydrogens is 314 g/mol. The van der Waals surface area contributed by atoms with E-state index in [0.29, 0.717) is 17.5 Å². The summed E-state index contributed by atoms with van der Waals surface area (Å²) in [6.07, 6.45) is 1.91. The minimum absolute atomic E-state index is 0.115. The molecule has 0 aliphatic carbocycles. The minimum Gasteiger partial charge on any atom is -0.359 e. The van der Waals surface area contributed by atoms with Crippen LogP contribution in [0.25, 0.3) is 11.3 Å². The number of hydrogen-bond acceptors (Lipinski definition) is 6. The summed E-state index contributed by atoms with van der Waals surface area (Å²) in [5.74, 6) is 1.18. The van der Waals surface area contributed by atoms with Gasteiger partial charge in [0, 0.05) is 7.05 Å². The van der Waals surface area contributed by atoms with Crippen LogP contribution in [0.15, 0.2) is 46.2 Å². The maximum Gasteiger partial charge on any atom is 0.237 e. The fraction of sp³-hybridized carbons (Fsp3) is 0.200. The quantitative estimate of drug-likeness (QED) is 0.672. The van der Waals surface area contributed by atoms with E-state index >= 15 is 0 Å². The monoisotopic (exact) mass is 329 g/mol. The van der Waals surface area contributed by atoms with Gasteiger partial charge in [-0.3, -0.25) is 4.79 Å². The zero-order valence-corrected chi connectivity index (χ0v) is 13.3. The van der Waals surface area contributed by atoms with E-state index in [0.717, 1.165) is 16.4 Å².